The van der Waals surface area contributed by atoms with Crippen molar-refractivity contribution in [3.63, 3.8) is 0 Å². The number of fused-ring (bicyclic) bond motifs is 1. The van der Waals surface area contributed by atoms with Crippen molar-refractivity contribution in [2.75, 3.05) is 16.8 Å². The summed E-state index contributed by atoms with van der Waals surface area (Å²) < 4.78 is 9.34. The molecule has 4 aromatic heterocycles. The van der Waals surface area contributed by atoms with Gasteiger partial charge in [0.1, 0.15) is 18.2 Å². The van der Waals surface area contributed by atoms with E-state index in [9.17, 15) is 14.4 Å². The van der Waals surface area contributed by atoms with Crippen LogP contribution in [-0.4, -0.2) is 57.3 Å². The van der Waals surface area contributed by atoms with E-state index < -0.39 is 23.2 Å². The molecule has 182 valence electrons. The van der Waals surface area contributed by atoms with E-state index in [0.29, 0.717) is 17.4 Å². The molecule has 1 aliphatic rings. The van der Waals surface area contributed by atoms with Crippen LogP contribution in [0.2, 0.25) is 0 Å². The number of anilines is 2. The number of nitrogens with zero attached hydrogens (tertiary/aromatic N) is 9. The molecule has 1 N–H and O–H groups in total. The molecule has 14 nitrogen and oxygen atoms in total. The molecule has 5 heterocycles. The van der Waals surface area contributed by atoms with Crippen LogP contribution >= 0.6 is 0 Å². The van der Waals surface area contributed by atoms with Crippen LogP contribution in [0.25, 0.3) is 22.6 Å². The van der Waals surface area contributed by atoms with E-state index in [0.717, 1.165) is 24.0 Å². The second-order valence-corrected chi connectivity index (χ2v) is 8.55. The Bertz CT molecular complexity index is 1550. The van der Waals surface area contributed by atoms with Gasteiger partial charge in [0.2, 0.25) is 0 Å². The third-order valence-electron chi connectivity index (χ3n) is 6.37. The van der Waals surface area contributed by atoms with Gasteiger partial charge in [-0.25, -0.2) is 19.7 Å². The number of carbonyl (C=O) groups excluding carboxylic acids is 1. The SMILES string of the molecule is CC1CCCN1c1ncncc1-c1nnc(NC(=O)C(C)n2cnc3c2c(=O)n(C)c(=O)n3C)o1. The summed E-state index contributed by atoms with van der Waals surface area (Å²) in [5, 5.41) is 10.6. The number of aryl methyl sites for hydroxylation is 1. The summed E-state index contributed by atoms with van der Waals surface area (Å²) in [6.45, 7) is 4.59. The van der Waals surface area contributed by atoms with Crippen LogP contribution in [0.3, 0.4) is 0 Å². The number of hydrogen-bond acceptors (Lipinski definition) is 10. The lowest BCUT2D eigenvalue weighted by atomic mass is 10.2. The minimum Gasteiger partial charge on any atom is -0.403 e. The van der Waals surface area contributed by atoms with Crippen molar-refractivity contribution in [2.45, 2.75) is 38.8 Å². The van der Waals surface area contributed by atoms with Crippen molar-refractivity contribution in [3.8, 4) is 11.5 Å². The van der Waals surface area contributed by atoms with E-state index in [1.807, 2.05) is 0 Å². The first kappa shape index (κ1) is 22.4. The van der Waals surface area contributed by atoms with E-state index in [2.05, 4.69) is 42.3 Å². The summed E-state index contributed by atoms with van der Waals surface area (Å²) in [5.41, 5.74) is -0.156. The lowest BCUT2D eigenvalue weighted by molar-refractivity contribution is -0.118. The highest BCUT2D eigenvalue weighted by atomic mass is 16.4. The van der Waals surface area contributed by atoms with Gasteiger partial charge in [-0.05, 0) is 26.7 Å². The standard InChI is InChI=1S/C21H24N10O4/c1-11-6-5-7-30(11)15-13(8-22-9-23-15)18-26-27-20(35-18)25-17(32)12(2)31-10-24-16-14(31)19(33)29(4)21(34)28(16)3/h8-12H,5-7H2,1-4H3,(H,25,27,32). The normalized spacial score (nSPS) is 16.7. The first-order valence-corrected chi connectivity index (χ1v) is 11.1. The molecule has 0 saturated carbocycles. The maximum atomic E-state index is 13.0. The summed E-state index contributed by atoms with van der Waals surface area (Å²) in [4.78, 5) is 52.6. The zero-order valence-electron chi connectivity index (χ0n) is 19.7. The van der Waals surface area contributed by atoms with E-state index >= 15 is 0 Å². The van der Waals surface area contributed by atoms with Crippen molar-refractivity contribution in [2.24, 2.45) is 14.1 Å². The molecule has 0 aliphatic carbocycles. The van der Waals surface area contributed by atoms with Crippen molar-refractivity contribution in [1.82, 2.24) is 38.9 Å². The molecule has 1 amide bonds. The van der Waals surface area contributed by atoms with Crippen LogP contribution in [-0.2, 0) is 18.9 Å². The first-order chi connectivity index (χ1) is 16.8. The number of rotatable bonds is 5. The van der Waals surface area contributed by atoms with Crippen molar-refractivity contribution >= 4 is 28.9 Å². The minimum atomic E-state index is -0.860. The van der Waals surface area contributed by atoms with Gasteiger partial charge in [-0.3, -0.25) is 24.0 Å². The number of amides is 1. The topological polar surface area (TPSA) is 159 Å². The van der Waals surface area contributed by atoms with Gasteiger partial charge in [-0.1, -0.05) is 5.10 Å². The Morgan fingerprint density at radius 1 is 1.20 bits per heavy atom. The number of carbonyl (C=O) groups is 1. The van der Waals surface area contributed by atoms with E-state index in [1.165, 1.54) is 35.9 Å². The van der Waals surface area contributed by atoms with Gasteiger partial charge in [0, 0.05) is 32.9 Å². The molecule has 0 aromatic carbocycles. The third kappa shape index (κ3) is 3.66. The Hall–Kier alpha value is -4.36. The lowest BCUT2D eigenvalue weighted by Crippen LogP contribution is -2.38. The zero-order valence-corrected chi connectivity index (χ0v) is 19.7. The molecule has 1 fully saturated rings. The minimum absolute atomic E-state index is 0.106. The second kappa shape index (κ2) is 8.45. The molecule has 0 spiro atoms. The van der Waals surface area contributed by atoms with E-state index in [-0.39, 0.29) is 23.1 Å². The molecule has 14 heteroatoms. The van der Waals surface area contributed by atoms with Gasteiger partial charge < -0.3 is 13.9 Å². The summed E-state index contributed by atoms with van der Waals surface area (Å²) in [7, 11) is 2.88. The summed E-state index contributed by atoms with van der Waals surface area (Å²) >= 11 is 0. The van der Waals surface area contributed by atoms with Gasteiger partial charge >= 0.3 is 11.7 Å². The van der Waals surface area contributed by atoms with Crippen molar-refractivity contribution < 1.29 is 9.21 Å². The summed E-state index contributed by atoms with van der Waals surface area (Å²) in [5.74, 6) is 0.374. The fourth-order valence-electron chi connectivity index (χ4n) is 4.33. The van der Waals surface area contributed by atoms with Gasteiger partial charge in [0.15, 0.2) is 11.2 Å². The van der Waals surface area contributed by atoms with Gasteiger partial charge in [-0.2, -0.15) is 0 Å². The Morgan fingerprint density at radius 2 is 2.00 bits per heavy atom. The Balaban J connectivity index is 1.41. The molecule has 1 aliphatic heterocycles. The largest absolute Gasteiger partial charge is 0.403 e. The molecule has 0 bridgehead atoms. The van der Waals surface area contributed by atoms with Crippen LogP contribution in [0, 0.1) is 0 Å². The van der Waals surface area contributed by atoms with Crippen molar-refractivity contribution in [3.05, 3.63) is 39.7 Å². The molecule has 2 unspecified atom stereocenters. The molecule has 35 heavy (non-hydrogen) atoms. The van der Waals surface area contributed by atoms with Crippen LogP contribution in [0.15, 0.2) is 32.9 Å². The van der Waals surface area contributed by atoms with Crippen LogP contribution in [0.4, 0.5) is 11.8 Å². The molecule has 0 radical (unpaired) electrons. The Morgan fingerprint density at radius 3 is 2.74 bits per heavy atom. The second-order valence-electron chi connectivity index (χ2n) is 8.55. The average molecular weight is 480 g/mol. The molecule has 4 aromatic rings. The maximum Gasteiger partial charge on any atom is 0.332 e. The van der Waals surface area contributed by atoms with Gasteiger partial charge in [0.05, 0.1) is 11.9 Å². The smallest absolute Gasteiger partial charge is 0.332 e. The van der Waals surface area contributed by atoms with Crippen molar-refractivity contribution in [1.29, 1.82) is 0 Å². The molecule has 5 rings (SSSR count). The number of imidazole rings is 1. The number of nitrogens with one attached hydrogen (secondary N) is 1. The summed E-state index contributed by atoms with van der Waals surface area (Å²) in [6.07, 6.45) is 6.55. The highest BCUT2D eigenvalue weighted by Crippen LogP contribution is 2.32. The molecule has 1 saturated heterocycles. The highest BCUT2D eigenvalue weighted by Gasteiger charge is 2.27. The predicted molar refractivity (Wildman–Crippen MR) is 125 cm³/mol. The first-order valence-electron chi connectivity index (χ1n) is 11.1. The average Bonchev–Trinajstić information content (AvgIpc) is 3.60. The monoisotopic (exact) mass is 480 g/mol. The lowest BCUT2D eigenvalue weighted by Gasteiger charge is -2.23. The van der Waals surface area contributed by atoms with Crippen LogP contribution in [0.1, 0.15) is 32.7 Å². The molecular formula is C21H24N10O4. The highest BCUT2D eigenvalue weighted by molar-refractivity contribution is 5.92. The Labute approximate surface area is 198 Å². The third-order valence-corrected chi connectivity index (χ3v) is 6.37. The number of aromatic nitrogens is 8. The van der Waals surface area contributed by atoms with Crippen LogP contribution < -0.4 is 21.5 Å². The van der Waals surface area contributed by atoms with Gasteiger partial charge in [-0.15, -0.1) is 5.10 Å². The molecule has 2 atom stereocenters. The van der Waals surface area contributed by atoms with E-state index in [1.54, 1.807) is 13.1 Å². The maximum absolute atomic E-state index is 13.0. The molecular weight excluding hydrogens is 456 g/mol. The fourth-order valence-corrected chi connectivity index (χ4v) is 4.33. The van der Waals surface area contributed by atoms with E-state index in [4.69, 9.17) is 4.42 Å². The predicted octanol–water partition coefficient (Wildman–Crippen LogP) is 0.462. The number of hydrogen-bond donors (Lipinski definition) is 1. The van der Waals surface area contributed by atoms with Crippen LogP contribution in [0.5, 0.6) is 0 Å². The fraction of sp³-hybridized carbons (Fsp3) is 0.429. The zero-order chi connectivity index (χ0) is 24.9. The Kier molecular flexibility index (Phi) is 5.42. The summed E-state index contributed by atoms with van der Waals surface area (Å²) in [6, 6.07) is -0.642. The quantitative estimate of drug-likeness (QED) is 0.425. The van der Waals surface area contributed by atoms with Gasteiger partial charge in [0.25, 0.3) is 17.4 Å².